The van der Waals surface area contributed by atoms with E-state index in [0.29, 0.717) is 32.8 Å². The fraction of sp³-hybridized carbons (Fsp3) is 0.833. The molecule has 1 heterocycles. The molecule has 0 aromatic carbocycles. The highest BCUT2D eigenvalue weighted by Crippen LogP contribution is 1.99. The molecule has 1 N–H and O–H groups in total. The smallest absolute Gasteiger partial charge is 0.312 e. The van der Waals surface area contributed by atoms with Crippen molar-refractivity contribution >= 4 is 11.8 Å². The third-order valence-electron chi connectivity index (χ3n) is 2.93. The Hall–Kier alpha value is -1.14. The van der Waals surface area contributed by atoms with Crippen LogP contribution in [0.15, 0.2) is 0 Å². The van der Waals surface area contributed by atoms with E-state index in [9.17, 15) is 9.59 Å². The van der Waals surface area contributed by atoms with Crippen molar-refractivity contribution in [1.82, 2.24) is 15.1 Å². The van der Waals surface area contributed by atoms with Gasteiger partial charge in [0.1, 0.15) is 0 Å². The molecule has 0 aromatic rings. The molecule has 0 aromatic heterocycles. The van der Waals surface area contributed by atoms with Crippen molar-refractivity contribution in [2.45, 2.75) is 13.3 Å². The molecule has 0 aliphatic carbocycles. The molecule has 0 radical (unpaired) electrons. The van der Waals surface area contributed by atoms with E-state index in [1.165, 1.54) is 4.90 Å². The first-order chi connectivity index (χ1) is 8.66. The minimum absolute atomic E-state index is 0.405. The summed E-state index contributed by atoms with van der Waals surface area (Å²) in [5.41, 5.74) is 0. The van der Waals surface area contributed by atoms with E-state index in [1.807, 2.05) is 6.92 Å². The van der Waals surface area contributed by atoms with E-state index < -0.39 is 11.8 Å². The number of carbonyl (C=O) groups excluding carboxylic acids is 2. The number of rotatable bonds is 4. The van der Waals surface area contributed by atoms with Crippen molar-refractivity contribution in [2.24, 2.45) is 0 Å². The molecule has 1 aliphatic rings. The molecule has 1 fully saturated rings. The Morgan fingerprint density at radius 3 is 2.83 bits per heavy atom. The van der Waals surface area contributed by atoms with Gasteiger partial charge in [-0.3, -0.25) is 9.59 Å². The highest BCUT2D eigenvalue weighted by atomic mass is 16.5. The van der Waals surface area contributed by atoms with Crippen LogP contribution in [0.5, 0.6) is 0 Å². The molecule has 0 unspecified atom stereocenters. The molecule has 6 nitrogen and oxygen atoms in total. The van der Waals surface area contributed by atoms with E-state index in [4.69, 9.17) is 4.74 Å². The summed E-state index contributed by atoms with van der Waals surface area (Å²) in [6.07, 6.45) is 0.891. The zero-order valence-corrected chi connectivity index (χ0v) is 11.3. The Balaban J connectivity index is 2.41. The number of nitrogens with one attached hydrogen (secondary N) is 1. The number of amides is 2. The molecule has 1 saturated heterocycles. The van der Waals surface area contributed by atoms with Gasteiger partial charge in [-0.1, -0.05) is 0 Å². The minimum atomic E-state index is -0.448. The normalized spacial score (nSPS) is 16.2. The van der Waals surface area contributed by atoms with Gasteiger partial charge in [0.05, 0.1) is 6.61 Å². The van der Waals surface area contributed by atoms with Crippen molar-refractivity contribution < 1.29 is 14.3 Å². The summed E-state index contributed by atoms with van der Waals surface area (Å²) in [5, 5.41) is 3.20. The maximum Gasteiger partial charge on any atom is 0.312 e. The molecule has 0 spiro atoms. The monoisotopic (exact) mass is 257 g/mol. The summed E-state index contributed by atoms with van der Waals surface area (Å²) in [5.74, 6) is -0.852. The molecule has 18 heavy (non-hydrogen) atoms. The average Bonchev–Trinajstić information content (AvgIpc) is 2.66. The van der Waals surface area contributed by atoms with E-state index in [2.05, 4.69) is 5.32 Å². The van der Waals surface area contributed by atoms with Crippen LogP contribution in [0, 0.1) is 0 Å². The second-order valence-electron chi connectivity index (χ2n) is 4.32. The quantitative estimate of drug-likeness (QED) is 0.534. The van der Waals surface area contributed by atoms with Crippen LogP contribution in [0.1, 0.15) is 13.3 Å². The third kappa shape index (κ3) is 4.62. The molecule has 104 valence electrons. The second kappa shape index (κ2) is 8.05. The van der Waals surface area contributed by atoms with Crippen LogP contribution in [0.3, 0.4) is 0 Å². The first-order valence-electron chi connectivity index (χ1n) is 6.49. The number of carbonyl (C=O) groups is 2. The number of nitrogens with zero attached hydrogens (tertiary/aromatic N) is 2. The van der Waals surface area contributed by atoms with Crippen LogP contribution in [0.25, 0.3) is 0 Å². The zero-order valence-electron chi connectivity index (χ0n) is 11.3. The highest BCUT2D eigenvalue weighted by molar-refractivity contribution is 6.34. The highest BCUT2D eigenvalue weighted by Gasteiger charge is 2.25. The van der Waals surface area contributed by atoms with E-state index in [1.54, 1.807) is 11.9 Å². The zero-order chi connectivity index (χ0) is 13.4. The van der Waals surface area contributed by atoms with Gasteiger partial charge >= 0.3 is 11.8 Å². The Morgan fingerprint density at radius 1 is 1.33 bits per heavy atom. The fourth-order valence-corrected chi connectivity index (χ4v) is 1.79. The van der Waals surface area contributed by atoms with E-state index in [-0.39, 0.29) is 0 Å². The molecule has 2 amide bonds. The summed E-state index contributed by atoms with van der Waals surface area (Å²) in [7, 11) is 1.63. The lowest BCUT2D eigenvalue weighted by Crippen LogP contribution is -2.45. The van der Waals surface area contributed by atoms with Crippen LogP contribution in [-0.2, 0) is 14.3 Å². The lowest BCUT2D eigenvalue weighted by molar-refractivity contribution is -0.151. The maximum absolute atomic E-state index is 12.0. The van der Waals surface area contributed by atoms with Gasteiger partial charge in [-0.05, 0) is 19.9 Å². The third-order valence-corrected chi connectivity index (χ3v) is 2.93. The number of likely N-dealkylation sites (N-methyl/N-ethyl adjacent to an activating group) is 1. The van der Waals surface area contributed by atoms with E-state index in [0.717, 1.165) is 19.5 Å². The fourth-order valence-electron chi connectivity index (χ4n) is 1.79. The number of hydrogen-bond acceptors (Lipinski definition) is 4. The molecular formula is C12H23N3O3. The number of ether oxygens (including phenoxy) is 1. The van der Waals surface area contributed by atoms with Crippen LogP contribution in [-0.4, -0.2) is 74.6 Å². The van der Waals surface area contributed by atoms with E-state index >= 15 is 0 Å². The van der Waals surface area contributed by atoms with Gasteiger partial charge in [0.2, 0.25) is 0 Å². The Bertz CT molecular complexity index is 276. The van der Waals surface area contributed by atoms with Crippen molar-refractivity contribution in [2.75, 3.05) is 53.0 Å². The van der Waals surface area contributed by atoms with Crippen LogP contribution < -0.4 is 5.32 Å². The van der Waals surface area contributed by atoms with Gasteiger partial charge in [0.15, 0.2) is 0 Å². The minimum Gasteiger partial charge on any atom is -0.380 e. The van der Waals surface area contributed by atoms with Crippen molar-refractivity contribution in [1.29, 1.82) is 0 Å². The first kappa shape index (κ1) is 14.9. The van der Waals surface area contributed by atoms with Gasteiger partial charge in [-0.25, -0.2) is 0 Å². The summed E-state index contributed by atoms with van der Waals surface area (Å²) in [4.78, 5) is 27.0. The number of hydrogen-bond donors (Lipinski definition) is 1. The Morgan fingerprint density at radius 2 is 2.11 bits per heavy atom. The molecular weight excluding hydrogens is 234 g/mol. The first-order valence-corrected chi connectivity index (χ1v) is 6.49. The second-order valence-corrected chi connectivity index (χ2v) is 4.32. The standard InChI is InChI=1S/C12H23N3O3/c1-3-18-10-9-14(2)11(16)12(17)15-7-4-5-13-6-8-15/h13H,3-10H2,1-2H3. The largest absolute Gasteiger partial charge is 0.380 e. The molecule has 0 bridgehead atoms. The average molecular weight is 257 g/mol. The van der Waals surface area contributed by atoms with Gasteiger partial charge in [0, 0.05) is 39.8 Å². The van der Waals surface area contributed by atoms with Crippen LogP contribution >= 0.6 is 0 Å². The van der Waals surface area contributed by atoms with Crippen molar-refractivity contribution in [3.05, 3.63) is 0 Å². The predicted octanol–water partition coefficient (Wildman–Crippen LogP) is -0.697. The molecule has 1 rings (SSSR count). The summed E-state index contributed by atoms with van der Waals surface area (Å²) < 4.78 is 5.17. The SMILES string of the molecule is CCOCCN(C)C(=O)C(=O)N1CCCNCC1. The Kier molecular flexibility index (Phi) is 6.67. The van der Waals surface area contributed by atoms with Crippen LogP contribution in [0.2, 0.25) is 0 Å². The molecule has 1 aliphatic heterocycles. The lowest BCUT2D eigenvalue weighted by atomic mass is 10.3. The van der Waals surface area contributed by atoms with Gasteiger partial charge in [0.25, 0.3) is 0 Å². The summed E-state index contributed by atoms with van der Waals surface area (Å²) in [6.45, 7) is 6.34. The molecule has 0 saturated carbocycles. The molecule has 0 atom stereocenters. The van der Waals surface area contributed by atoms with Gasteiger partial charge in [-0.2, -0.15) is 0 Å². The van der Waals surface area contributed by atoms with Crippen LogP contribution in [0.4, 0.5) is 0 Å². The lowest BCUT2D eigenvalue weighted by Gasteiger charge is -2.23. The van der Waals surface area contributed by atoms with Gasteiger partial charge < -0.3 is 19.9 Å². The summed E-state index contributed by atoms with van der Waals surface area (Å²) >= 11 is 0. The Labute approximate surface area is 108 Å². The predicted molar refractivity (Wildman–Crippen MR) is 68.2 cm³/mol. The molecule has 6 heteroatoms. The topological polar surface area (TPSA) is 61.9 Å². The van der Waals surface area contributed by atoms with Crippen molar-refractivity contribution in [3.63, 3.8) is 0 Å². The van der Waals surface area contributed by atoms with Crippen molar-refractivity contribution in [3.8, 4) is 0 Å². The van der Waals surface area contributed by atoms with Gasteiger partial charge in [-0.15, -0.1) is 0 Å². The summed E-state index contributed by atoms with van der Waals surface area (Å²) in [6, 6.07) is 0. The maximum atomic E-state index is 12.0.